The normalized spacial score (nSPS) is 15.3. The minimum absolute atomic E-state index is 0.0697. The number of piperidine rings is 1. The first-order valence-electron chi connectivity index (χ1n) is 11.0. The molecule has 33 heavy (non-hydrogen) atoms. The second kappa shape index (κ2) is 10.2. The minimum atomic E-state index is -0.418. The van der Waals surface area contributed by atoms with E-state index in [1.54, 1.807) is 53.4 Å². The van der Waals surface area contributed by atoms with Gasteiger partial charge in [0.1, 0.15) is 12.3 Å². The number of rotatable bonds is 6. The summed E-state index contributed by atoms with van der Waals surface area (Å²) in [6.07, 6.45) is 3.05. The summed E-state index contributed by atoms with van der Waals surface area (Å²) >= 11 is 0. The van der Waals surface area contributed by atoms with E-state index in [2.05, 4.69) is 10.6 Å². The number of carbonyl (C=O) groups excluding carboxylic acids is 4. The molecule has 2 aromatic rings. The molecule has 1 saturated heterocycles. The van der Waals surface area contributed by atoms with E-state index in [4.69, 9.17) is 4.74 Å². The van der Waals surface area contributed by atoms with Crippen LogP contribution in [-0.4, -0.2) is 61.3 Å². The molecular formula is C24H26N4O5. The smallest absolute Gasteiger partial charge is 0.265 e. The fourth-order valence-corrected chi connectivity index (χ4v) is 3.89. The first-order chi connectivity index (χ1) is 16.0. The maximum atomic E-state index is 12.7. The van der Waals surface area contributed by atoms with Gasteiger partial charge in [-0.15, -0.1) is 0 Å². The highest BCUT2D eigenvalue weighted by molar-refractivity contribution is 6.04. The zero-order valence-electron chi connectivity index (χ0n) is 18.2. The van der Waals surface area contributed by atoms with Crippen LogP contribution in [0.3, 0.4) is 0 Å². The summed E-state index contributed by atoms with van der Waals surface area (Å²) in [5.74, 6) is -0.715. The lowest BCUT2D eigenvalue weighted by Crippen LogP contribution is -2.47. The number of benzene rings is 2. The lowest BCUT2D eigenvalue weighted by molar-refractivity contribution is -0.132. The Hall–Kier alpha value is -3.88. The molecule has 0 aliphatic carbocycles. The Morgan fingerprint density at radius 2 is 1.73 bits per heavy atom. The highest BCUT2D eigenvalue weighted by Gasteiger charge is 2.29. The van der Waals surface area contributed by atoms with Crippen molar-refractivity contribution in [2.45, 2.75) is 19.3 Å². The largest absolute Gasteiger partial charge is 0.482 e. The zero-order chi connectivity index (χ0) is 23.2. The number of nitrogens with one attached hydrogen (secondary N) is 2. The van der Waals surface area contributed by atoms with Crippen molar-refractivity contribution < 1.29 is 23.9 Å². The highest BCUT2D eigenvalue weighted by atomic mass is 16.5. The van der Waals surface area contributed by atoms with Gasteiger partial charge in [-0.3, -0.25) is 24.1 Å². The number of hydrogen-bond donors (Lipinski definition) is 2. The average molecular weight is 450 g/mol. The van der Waals surface area contributed by atoms with Crippen LogP contribution in [-0.2, 0) is 14.4 Å². The Kier molecular flexibility index (Phi) is 6.87. The quantitative estimate of drug-likeness (QED) is 0.698. The molecule has 0 saturated carbocycles. The summed E-state index contributed by atoms with van der Waals surface area (Å²) in [5, 5.41) is 5.28. The lowest BCUT2D eigenvalue weighted by atomic mass is 10.1. The van der Waals surface area contributed by atoms with Gasteiger partial charge in [0.15, 0.2) is 6.61 Å². The van der Waals surface area contributed by atoms with Gasteiger partial charge in [-0.2, -0.15) is 0 Å². The molecule has 4 rings (SSSR count). The molecule has 0 aromatic heterocycles. The van der Waals surface area contributed by atoms with Gasteiger partial charge in [0, 0.05) is 24.3 Å². The maximum absolute atomic E-state index is 12.7. The number of ether oxygens (including phenoxy) is 1. The molecule has 0 radical (unpaired) electrons. The molecule has 9 nitrogen and oxygen atoms in total. The van der Waals surface area contributed by atoms with Gasteiger partial charge in [-0.1, -0.05) is 18.2 Å². The van der Waals surface area contributed by atoms with E-state index >= 15 is 0 Å². The van der Waals surface area contributed by atoms with Gasteiger partial charge < -0.3 is 20.3 Å². The molecule has 2 aliphatic rings. The Balaban J connectivity index is 1.40. The van der Waals surface area contributed by atoms with Crippen LogP contribution in [0.5, 0.6) is 5.75 Å². The molecule has 0 atom stereocenters. The second-order valence-corrected chi connectivity index (χ2v) is 7.99. The number of fused-ring (bicyclic) bond motifs is 1. The Labute approximate surface area is 191 Å². The molecule has 2 heterocycles. The fourth-order valence-electron chi connectivity index (χ4n) is 3.89. The highest BCUT2D eigenvalue weighted by Crippen LogP contribution is 2.34. The van der Waals surface area contributed by atoms with Gasteiger partial charge in [0.2, 0.25) is 11.8 Å². The zero-order valence-corrected chi connectivity index (χ0v) is 18.2. The first kappa shape index (κ1) is 22.3. The third-order valence-electron chi connectivity index (χ3n) is 5.63. The Morgan fingerprint density at radius 3 is 2.48 bits per heavy atom. The summed E-state index contributed by atoms with van der Waals surface area (Å²) < 4.78 is 5.50. The van der Waals surface area contributed by atoms with E-state index in [0.717, 1.165) is 19.3 Å². The van der Waals surface area contributed by atoms with Gasteiger partial charge in [-0.25, -0.2) is 0 Å². The van der Waals surface area contributed by atoms with Gasteiger partial charge in [0.05, 0.1) is 12.2 Å². The number of hydrogen-bond acceptors (Lipinski definition) is 5. The van der Waals surface area contributed by atoms with Crippen LogP contribution >= 0.6 is 0 Å². The van der Waals surface area contributed by atoms with Crippen molar-refractivity contribution in [2.24, 2.45) is 0 Å². The number of nitrogens with zero attached hydrogens (tertiary/aromatic N) is 2. The van der Waals surface area contributed by atoms with E-state index in [1.165, 1.54) is 4.90 Å². The van der Waals surface area contributed by atoms with Crippen molar-refractivity contribution in [2.75, 3.05) is 43.0 Å². The van der Waals surface area contributed by atoms with E-state index < -0.39 is 5.91 Å². The van der Waals surface area contributed by atoms with E-state index in [1.807, 2.05) is 0 Å². The molecule has 2 aromatic carbocycles. The van der Waals surface area contributed by atoms with Crippen molar-refractivity contribution in [3.05, 3.63) is 54.1 Å². The third-order valence-corrected chi connectivity index (χ3v) is 5.63. The number of amides is 4. The SMILES string of the molecule is O=C(CNC(=O)c1ccccc1)Nc1ccc2c(c1)N(CC(=O)N1CCCCC1)C(=O)CO2. The number of likely N-dealkylation sites (tertiary alicyclic amines) is 1. The lowest BCUT2D eigenvalue weighted by Gasteiger charge is -2.33. The van der Waals surface area contributed by atoms with E-state index in [0.29, 0.717) is 35.8 Å². The Bertz CT molecular complexity index is 1050. The molecular weight excluding hydrogens is 424 g/mol. The molecule has 0 spiro atoms. The molecule has 9 heteroatoms. The van der Waals surface area contributed by atoms with Gasteiger partial charge in [-0.05, 0) is 49.6 Å². The van der Waals surface area contributed by atoms with Crippen LogP contribution < -0.4 is 20.3 Å². The van der Waals surface area contributed by atoms with Crippen molar-refractivity contribution >= 4 is 35.0 Å². The predicted octanol–water partition coefficient (Wildman–Crippen LogP) is 1.79. The van der Waals surface area contributed by atoms with Crippen molar-refractivity contribution in [1.29, 1.82) is 0 Å². The van der Waals surface area contributed by atoms with Gasteiger partial charge in [0.25, 0.3) is 11.8 Å². The molecule has 2 aliphatic heterocycles. The first-order valence-corrected chi connectivity index (χ1v) is 11.0. The second-order valence-electron chi connectivity index (χ2n) is 7.99. The fraction of sp³-hybridized carbons (Fsp3) is 0.333. The van der Waals surface area contributed by atoms with Crippen LogP contribution in [0.2, 0.25) is 0 Å². The summed E-state index contributed by atoms with van der Waals surface area (Å²) in [7, 11) is 0. The molecule has 172 valence electrons. The summed E-state index contributed by atoms with van der Waals surface area (Å²) in [6.45, 7) is 0.985. The third kappa shape index (κ3) is 5.49. The van der Waals surface area contributed by atoms with Crippen LogP contribution in [0, 0.1) is 0 Å². The average Bonchev–Trinajstić information content (AvgIpc) is 2.85. The standard InChI is InChI=1S/C24H26N4O5/c29-21(14-25-24(32)17-7-3-1-4-8-17)26-18-9-10-20-19(13-18)28(23(31)16-33-20)15-22(30)27-11-5-2-6-12-27/h1,3-4,7-10,13H,2,5-6,11-12,14-16H2,(H,25,32)(H,26,29). The van der Waals surface area contributed by atoms with Crippen molar-refractivity contribution in [1.82, 2.24) is 10.2 Å². The van der Waals surface area contributed by atoms with Crippen LogP contribution in [0.15, 0.2) is 48.5 Å². The Morgan fingerprint density at radius 1 is 0.970 bits per heavy atom. The molecule has 4 amide bonds. The van der Waals surface area contributed by atoms with Crippen molar-refractivity contribution in [3.8, 4) is 5.75 Å². The monoisotopic (exact) mass is 450 g/mol. The van der Waals surface area contributed by atoms with Crippen LogP contribution in [0.4, 0.5) is 11.4 Å². The molecule has 0 bridgehead atoms. The predicted molar refractivity (Wildman–Crippen MR) is 122 cm³/mol. The van der Waals surface area contributed by atoms with E-state index in [-0.39, 0.29) is 37.4 Å². The van der Waals surface area contributed by atoms with Crippen molar-refractivity contribution in [3.63, 3.8) is 0 Å². The molecule has 0 unspecified atom stereocenters. The minimum Gasteiger partial charge on any atom is -0.482 e. The topological polar surface area (TPSA) is 108 Å². The van der Waals surface area contributed by atoms with Crippen LogP contribution in [0.1, 0.15) is 29.6 Å². The number of anilines is 2. The van der Waals surface area contributed by atoms with E-state index in [9.17, 15) is 19.2 Å². The molecule has 1 fully saturated rings. The van der Waals surface area contributed by atoms with Gasteiger partial charge >= 0.3 is 0 Å². The maximum Gasteiger partial charge on any atom is 0.265 e. The molecule has 2 N–H and O–H groups in total. The summed E-state index contributed by atoms with van der Waals surface area (Å²) in [6, 6.07) is 13.5. The number of carbonyl (C=O) groups is 4. The van der Waals surface area contributed by atoms with Crippen LogP contribution in [0.25, 0.3) is 0 Å². The summed E-state index contributed by atoms with van der Waals surface area (Å²) in [4.78, 5) is 52.9. The summed E-state index contributed by atoms with van der Waals surface area (Å²) in [5.41, 5.74) is 1.33.